The number of carbonyl (C=O) groups excluding carboxylic acids is 2. The second-order valence-electron chi connectivity index (χ2n) is 16.3. The van der Waals surface area contributed by atoms with Crippen LogP contribution in [0.4, 0.5) is 19.4 Å². The first-order valence-electron chi connectivity index (χ1n) is 18.2. The van der Waals surface area contributed by atoms with Crippen LogP contribution in [0.2, 0.25) is 25.7 Å². The van der Waals surface area contributed by atoms with Gasteiger partial charge in [0.1, 0.15) is 24.2 Å². The maximum atomic E-state index is 14.7. The minimum absolute atomic E-state index is 0.0171. The van der Waals surface area contributed by atoms with Crippen molar-refractivity contribution in [3.8, 4) is 11.1 Å². The Balaban J connectivity index is 1.62. The Morgan fingerprint density at radius 2 is 1.59 bits per heavy atom. The predicted octanol–water partition coefficient (Wildman–Crippen LogP) is 9.42. The number of alkyl halides is 2. The molecule has 2 aliphatic rings. The van der Waals surface area contributed by atoms with Crippen LogP contribution in [0.25, 0.3) is 11.1 Å². The Morgan fingerprint density at radius 3 is 2.12 bits per heavy atom. The number of rotatable bonds is 13. The lowest BCUT2D eigenvalue weighted by Gasteiger charge is -2.42. The van der Waals surface area contributed by atoms with Crippen molar-refractivity contribution < 1.29 is 27.8 Å². The number of carbonyl (C=O) groups is 2. The molecule has 0 unspecified atom stereocenters. The molecule has 274 valence electrons. The molecule has 9 nitrogen and oxygen atoms in total. The smallest absolute Gasteiger partial charge is 0.408 e. The molecule has 2 amide bonds. The SMILES string of the molecule is Cc1nn(COCC[Si](C)(C)C)c(C)c1-c1cnc(NC(=O)[C@@H](NC(=O)OC(C)(C)C)C(C2CCCCC2)C2CCCCC2)cc1C(F)F. The van der Waals surface area contributed by atoms with Gasteiger partial charge in [-0.3, -0.25) is 4.79 Å². The van der Waals surface area contributed by atoms with Crippen LogP contribution in [-0.4, -0.2) is 53.1 Å². The van der Waals surface area contributed by atoms with Gasteiger partial charge in [0.15, 0.2) is 0 Å². The average molecular weight is 704 g/mol. The molecule has 2 saturated carbocycles. The van der Waals surface area contributed by atoms with E-state index in [-0.39, 0.29) is 41.4 Å². The third kappa shape index (κ3) is 11.1. The van der Waals surface area contributed by atoms with E-state index in [1.807, 2.05) is 6.92 Å². The van der Waals surface area contributed by atoms with E-state index in [4.69, 9.17) is 9.47 Å². The molecule has 0 aliphatic heterocycles. The largest absolute Gasteiger partial charge is 0.444 e. The first-order chi connectivity index (χ1) is 23.0. The van der Waals surface area contributed by atoms with Gasteiger partial charge in [-0.15, -0.1) is 0 Å². The zero-order valence-corrected chi connectivity index (χ0v) is 32.0. The van der Waals surface area contributed by atoms with Crippen LogP contribution in [0.3, 0.4) is 0 Å². The molecule has 0 saturated heterocycles. The summed E-state index contributed by atoms with van der Waals surface area (Å²) in [4.78, 5) is 31.9. The molecule has 0 aromatic carbocycles. The summed E-state index contributed by atoms with van der Waals surface area (Å²) in [5, 5.41) is 10.4. The number of nitrogens with zero attached hydrogens (tertiary/aromatic N) is 3. The zero-order chi connectivity index (χ0) is 35.9. The molecule has 0 bridgehead atoms. The molecule has 2 heterocycles. The van der Waals surface area contributed by atoms with E-state index in [0.29, 0.717) is 23.6 Å². The van der Waals surface area contributed by atoms with Crippen molar-refractivity contribution in [2.24, 2.45) is 17.8 Å². The Hall–Kier alpha value is -2.86. The van der Waals surface area contributed by atoms with Crippen molar-refractivity contribution in [1.29, 1.82) is 0 Å². The number of anilines is 1. The van der Waals surface area contributed by atoms with Gasteiger partial charge in [0.25, 0.3) is 6.43 Å². The summed E-state index contributed by atoms with van der Waals surface area (Å²) in [5.74, 6) is 0.0191. The number of hydrogen-bond acceptors (Lipinski definition) is 6. The molecule has 2 N–H and O–H groups in total. The van der Waals surface area contributed by atoms with Crippen LogP contribution >= 0.6 is 0 Å². The number of aryl methyl sites for hydroxylation is 1. The maximum Gasteiger partial charge on any atom is 0.408 e. The summed E-state index contributed by atoms with van der Waals surface area (Å²) < 4.78 is 42.6. The maximum absolute atomic E-state index is 14.7. The highest BCUT2D eigenvalue weighted by Crippen LogP contribution is 2.42. The normalized spacial score (nSPS) is 17.4. The van der Waals surface area contributed by atoms with Crippen LogP contribution in [0.1, 0.15) is 108 Å². The number of ether oxygens (including phenoxy) is 2. The van der Waals surface area contributed by atoms with Gasteiger partial charge in [-0.05, 0) is 64.5 Å². The minimum atomic E-state index is -2.82. The summed E-state index contributed by atoms with van der Waals surface area (Å²) in [6.07, 6.45) is 8.61. The molecule has 2 aromatic heterocycles. The lowest BCUT2D eigenvalue weighted by atomic mass is 9.66. The molecule has 4 rings (SSSR count). The van der Waals surface area contributed by atoms with Gasteiger partial charge in [0.2, 0.25) is 5.91 Å². The lowest BCUT2D eigenvalue weighted by Crippen LogP contribution is -2.54. The molecule has 1 atom stereocenters. The number of amides is 2. The number of aromatic nitrogens is 3. The molecular formula is C37H59F2N5O4Si. The fraction of sp³-hybridized carbons (Fsp3) is 0.730. The van der Waals surface area contributed by atoms with E-state index >= 15 is 0 Å². The van der Waals surface area contributed by atoms with Gasteiger partial charge < -0.3 is 20.1 Å². The molecule has 2 fully saturated rings. The number of nitrogens with one attached hydrogen (secondary N) is 2. The van der Waals surface area contributed by atoms with E-state index in [9.17, 15) is 18.4 Å². The van der Waals surface area contributed by atoms with Crippen molar-refractivity contribution in [3.63, 3.8) is 0 Å². The fourth-order valence-corrected chi connectivity index (χ4v) is 8.37. The molecule has 12 heteroatoms. The van der Waals surface area contributed by atoms with E-state index < -0.39 is 38.1 Å². The first kappa shape index (κ1) is 38.9. The second-order valence-corrected chi connectivity index (χ2v) is 22.0. The van der Waals surface area contributed by atoms with Gasteiger partial charge in [-0.1, -0.05) is 83.8 Å². The summed E-state index contributed by atoms with van der Waals surface area (Å²) in [5.41, 5.74) is 1.15. The summed E-state index contributed by atoms with van der Waals surface area (Å²) in [6.45, 7) is 16.7. The van der Waals surface area contributed by atoms with Crippen molar-refractivity contribution in [2.75, 3.05) is 11.9 Å². The number of hydrogen-bond donors (Lipinski definition) is 2. The first-order valence-corrected chi connectivity index (χ1v) is 22.0. The van der Waals surface area contributed by atoms with Crippen LogP contribution in [0.5, 0.6) is 0 Å². The summed E-state index contributed by atoms with van der Waals surface area (Å²) >= 11 is 0. The third-order valence-corrected chi connectivity index (χ3v) is 11.7. The standard InChI is InChI=1S/C37H59F2N5O4Si/c1-24-31(25(2)44(43-24)23-47-19-20-49(6,7)8)29-22-40-30(21-28(29)34(38)39)41-35(45)33(42-36(46)48-37(3,4)5)32(26-15-11-9-12-16-26)27-17-13-10-14-18-27/h21-22,26-27,32-34H,9-20,23H2,1-8H3,(H,42,46)(H,40,41,45)/t33-/m0/s1. The Labute approximate surface area is 292 Å². The van der Waals surface area contributed by atoms with Crippen LogP contribution in [0.15, 0.2) is 12.3 Å². The Morgan fingerprint density at radius 1 is 1.00 bits per heavy atom. The van der Waals surface area contributed by atoms with Gasteiger partial charge in [-0.25, -0.2) is 23.2 Å². The van der Waals surface area contributed by atoms with Crippen molar-refractivity contribution in [3.05, 3.63) is 29.2 Å². The van der Waals surface area contributed by atoms with Crippen molar-refractivity contribution in [2.45, 2.75) is 149 Å². The summed E-state index contributed by atoms with van der Waals surface area (Å²) in [6, 6.07) is 1.38. The van der Waals surface area contributed by atoms with Gasteiger partial charge in [0.05, 0.1) is 5.69 Å². The Bertz CT molecular complexity index is 1390. The quantitative estimate of drug-likeness (QED) is 0.159. The molecule has 2 aliphatic carbocycles. The highest BCUT2D eigenvalue weighted by atomic mass is 28.3. The molecule has 49 heavy (non-hydrogen) atoms. The van der Waals surface area contributed by atoms with Crippen LogP contribution < -0.4 is 10.6 Å². The topological polar surface area (TPSA) is 107 Å². The highest BCUT2D eigenvalue weighted by molar-refractivity contribution is 6.76. The van der Waals surface area contributed by atoms with E-state index in [1.54, 1.807) is 32.4 Å². The van der Waals surface area contributed by atoms with Crippen LogP contribution in [0, 0.1) is 31.6 Å². The molecule has 0 spiro atoms. The Kier molecular flexibility index (Phi) is 13.4. The number of halogens is 2. The zero-order valence-electron chi connectivity index (χ0n) is 31.0. The molecule has 2 aromatic rings. The van der Waals surface area contributed by atoms with E-state index in [0.717, 1.165) is 57.4 Å². The van der Waals surface area contributed by atoms with Crippen molar-refractivity contribution in [1.82, 2.24) is 20.1 Å². The van der Waals surface area contributed by atoms with Crippen LogP contribution in [-0.2, 0) is 21.0 Å². The number of pyridine rings is 1. The second kappa shape index (κ2) is 16.9. The minimum Gasteiger partial charge on any atom is -0.444 e. The molecule has 0 radical (unpaired) electrons. The van der Waals surface area contributed by atoms with Gasteiger partial charge in [-0.2, -0.15) is 5.10 Å². The van der Waals surface area contributed by atoms with Gasteiger partial charge in [0, 0.05) is 43.3 Å². The molecular weight excluding hydrogens is 645 g/mol. The summed E-state index contributed by atoms with van der Waals surface area (Å²) in [7, 11) is -1.26. The fourth-order valence-electron chi connectivity index (χ4n) is 7.61. The van der Waals surface area contributed by atoms with Crippen molar-refractivity contribution >= 4 is 25.9 Å². The average Bonchev–Trinajstić information content (AvgIpc) is 3.30. The monoisotopic (exact) mass is 703 g/mol. The number of alkyl carbamates (subject to hydrolysis) is 1. The van der Waals surface area contributed by atoms with E-state index in [1.165, 1.54) is 25.1 Å². The lowest BCUT2D eigenvalue weighted by molar-refractivity contribution is -0.121. The van der Waals surface area contributed by atoms with Gasteiger partial charge >= 0.3 is 6.09 Å². The third-order valence-electron chi connectivity index (χ3n) is 10.0. The predicted molar refractivity (Wildman–Crippen MR) is 192 cm³/mol. The van der Waals surface area contributed by atoms with E-state index in [2.05, 4.69) is 40.4 Å². The highest BCUT2D eigenvalue weighted by Gasteiger charge is 2.42.